The quantitative estimate of drug-likeness (QED) is 0.831. The van der Waals surface area contributed by atoms with Crippen LogP contribution in [-0.2, 0) is 6.42 Å². The number of carbonyl (C=O) groups excluding carboxylic acids is 1. The van der Waals surface area contributed by atoms with Gasteiger partial charge in [0, 0.05) is 0 Å². The van der Waals surface area contributed by atoms with E-state index in [-0.39, 0.29) is 5.78 Å². The first-order valence-electron chi connectivity index (χ1n) is 7.29. The van der Waals surface area contributed by atoms with Gasteiger partial charge in [-0.05, 0) is 37.3 Å². The van der Waals surface area contributed by atoms with Crippen molar-refractivity contribution in [3.63, 3.8) is 0 Å². The standard InChI is InChI=1S/C16H21NO2/c17-16(9-2-1-3-10-16)15(18)13-8-4-6-12-7-5-11-19-14(12)13/h4,6,8H,1-3,5,7,9-11,17H2. The molecule has 0 spiro atoms. The van der Waals surface area contributed by atoms with Crippen LogP contribution in [0.25, 0.3) is 0 Å². The third-order valence-corrected chi connectivity index (χ3v) is 4.38. The van der Waals surface area contributed by atoms with Gasteiger partial charge in [0.05, 0.1) is 17.7 Å². The summed E-state index contributed by atoms with van der Waals surface area (Å²) in [5, 5.41) is 0. The van der Waals surface area contributed by atoms with Crippen LogP contribution >= 0.6 is 0 Å². The third kappa shape index (κ3) is 2.27. The van der Waals surface area contributed by atoms with Crippen LogP contribution in [0.4, 0.5) is 0 Å². The van der Waals surface area contributed by atoms with Crippen molar-refractivity contribution in [2.45, 2.75) is 50.5 Å². The zero-order valence-electron chi connectivity index (χ0n) is 11.3. The van der Waals surface area contributed by atoms with Crippen molar-refractivity contribution in [3.05, 3.63) is 29.3 Å². The molecule has 2 aliphatic rings. The van der Waals surface area contributed by atoms with Gasteiger partial charge in [0.1, 0.15) is 5.75 Å². The monoisotopic (exact) mass is 259 g/mol. The van der Waals surface area contributed by atoms with Crippen LogP contribution in [0.1, 0.15) is 54.4 Å². The van der Waals surface area contributed by atoms with Crippen molar-refractivity contribution in [1.82, 2.24) is 0 Å². The summed E-state index contributed by atoms with van der Waals surface area (Å²) in [7, 11) is 0. The summed E-state index contributed by atoms with van der Waals surface area (Å²) in [6, 6.07) is 5.87. The highest BCUT2D eigenvalue weighted by atomic mass is 16.5. The van der Waals surface area contributed by atoms with Gasteiger partial charge < -0.3 is 10.5 Å². The molecule has 0 amide bonds. The van der Waals surface area contributed by atoms with E-state index < -0.39 is 5.54 Å². The summed E-state index contributed by atoms with van der Waals surface area (Å²) >= 11 is 0. The van der Waals surface area contributed by atoms with Crippen LogP contribution in [0.2, 0.25) is 0 Å². The molecular weight excluding hydrogens is 238 g/mol. The van der Waals surface area contributed by atoms with Gasteiger partial charge in [0.25, 0.3) is 0 Å². The van der Waals surface area contributed by atoms with Gasteiger partial charge in [-0.2, -0.15) is 0 Å². The minimum Gasteiger partial charge on any atom is -0.493 e. The average molecular weight is 259 g/mol. The maximum Gasteiger partial charge on any atom is 0.186 e. The molecule has 1 heterocycles. The Balaban J connectivity index is 1.95. The molecule has 1 aromatic rings. The molecule has 0 atom stereocenters. The SMILES string of the molecule is NC1(C(=O)c2cccc3c2OCCC3)CCCCC1. The molecule has 0 radical (unpaired) electrons. The number of nitrogens with two attached hydrogens (primary N) is 1. The Labute approximate surface area is 114 Å². The van der Waals surface area contributed by atoms with Crippen LogP contribution in [0, 0.1) is 0 Å². The highest BCUT2D eigenvalue weighted by Crippen LogP contribution is 2.35. The first kappa shape index (κ1) is 12.7. The summed E-state index contributed by atoms with van der Waals surface area (Å²) in [4.78, 5) is 12.8. The highest BCUT2D eigenvalue weighted by molar-refractivity contribution is 6.05. The molecule has 3 heteroatoms. The Morgan fingerprint density at radius 3 is 2.74 bits per heavy atom. The Bertz CT molecular complexity index is 490. The number of hydrogen-bond acceptors (Lipinski definition) is 3. The first-order valence-corrected chi connectivity index (χ1v) is 7.29. The summed E-state index contributed by atoms with van der Waals surface area (Å²) in [5.74, 6) is 0.861. The molecule has 1 aromatic carbocycles. The molecule has 2 N–H and O–H groups in total. The lowest BCUT2D eigenvalue weighted by molar-refractivity contribution is 0.0842. The molecule has 1 aliphatic carbocycles. The van der Waals surface area contributed by atoms with E-state index in [1.165, 1.54) is 6.42 Å². The largest absolute Gasteiger partial charge is 0.493 e. The fourth-order valence-corrected chi connectivity index (χ4v) is 3.25. The molecule has 3 nitrogen and oxygen atoms in total. The van der Waals surface area contributed by atoms with Crippen LogP contribution in [0.15, 0.2) is 18.2 Å². The number of carbonyl (C=O) groups is 1. The second kappa shape index (κ2) is 4.97. The minimum absolute atomic E-state index is 0.0750. The number of rotatable bonds is 2. The van der Waals surface area contributed by atoms with Crippen molar-refractivity contribution < 1.29 is 9.53 Å². The number of hydrogen-bond donors (Lipinski definition) is 1. The number of benzene rings is 1. The summed E-state index contributed by atoms with van der Waals surface area (Å²) in [6.45, 7) is 0.703. The summed E-state index contributed by atoms with van der Waals surface area (Å²) in [6.07, 6.45) is 6.92. The molecule has 0 bridgehead atoms. The molecule has 102 valence electrons. The van der Waals surface area contributed by atoms with Crippen molar-refractivity contribution in [2.24, 2.45) is 5.73 Å². The van der Waals surface area contributed by atoms with E-state index in [1.54, 1.807) is 0 Å². The van der Waals surface area contributed by atoms with E-state index >= 15 is 0 Å². The van der Waals surface area contributed by atoms with E-state index in [0.717, 1.165) is 49.8 Å². The lowest BCUT2D eigenvalue weighted by Gasteiger charge is -2.33. The van der Waals surface area contributed by atoms with E-state index in [2.05, 4.69) is 6.07 Å². The van der Waals surface area contributed by atoms with Crippen LogP contribution in [0.5, 0.6) is 5.75 Å². The lowest BCUT2D eigenvalue weighted by Crippen LogP contribution is -2.49. The lowest BCUT2D eigenvalue weighted by atomic mass is 9.77. The molecule has 1 fully saturated rings. The second-order valence-electron chi connectivity index (χ2n) is 5.79. The van der Waals surface area contributed by atoms with E-state index in [9.17, 15) is 4.79 Å². The molecule has 1 aliphatic heterocycles. The number of fused-ring (bicyclic) bond motifs is 1. The predicted molar refractivity (Wildman–Crippen MR) is 74.6 cm³/mol. The maximum absolute atomic E-state index is 12.8. The topological polar surface area (TPSA) is 52.3 Å². The Morgan fingerprint density at radius 2 is 1.95 bits per heavy atom. The molecule has 19 heavy (non-hydrogen) atoms. The zero-order chi connectivity index (χ0) is 13.3. The number of ketones is 1. The van der Waals surface area contributed by atoms with Crippen LogP contribution in [-0.4, -0.2) is 17.9 Å². The zero-order valence-corrected chi connectivity index (χ0v) is 11.3. The number of ether oxygens (including phenoxy) is 1. The smallest absolute Gasteiger partial charge is 0.186 e. The Morgan fingerprint density at radius 1 is 1.16 bits per heavy atom. The van der Waals surface area contributed by atoms with E-state index in [4.69, 9.17) is 10.5 Å². The Kier molecular flexibility index (Phi) is 3.31. The minimum atomic E-state index is -0.672. The molecule has 3 rings (SSSR count). The van der Waals surface area contributed by atoms with Crippen molar-refractivity contribution >= 4 is 5.78 Å². The molecule has 0 aromatic heterocycles. The van der Waals surface area contributed by atoms with Gasteiger partial charge in [0.15, 0.2) is 5.78 Å². The maximum atomic E-state index is 12.8. The van der Waals surface area contributed by atoms with E-state index in [0.29, 0.717) is 12.2 Å². The van der Waals surface area contributed by atoms with Crippen molar-refractivity contribution in [1.29, 1.82) is 0 Å². The Hall–Kier alpha value is -1.35. The highest BCUT2D eigenvalue weighted by Gasteiger charge is 2.37. The first-order chi connectivity index (χ1) is 9.21. The van der Waals surface area contributed by atoms with Gasteiger partial charge in [-0.15, -0.1) is 0 Å². The van der Waals surface area contributed by atoms with Crippen molar-refractivity contribution in [2.75, 3.05) is 6.61 Å². The van der Waals surface area contributed by atoms with Crippen LogP contribution in [0.3, 0.4) is 0 Å². The fraction of sp³-hybridized carbons (Fsp3) is 0.562. The number of Topliss-reactive ketones (excluding diaryl/α,β-unsaturated/α-hetero) is 1. The average Bonchev–Trinajstić information content (AvgIpc) is 2.47. The van der Waals surface area contributed by atoms with Crippen LogP contribution < -0.4 is 10.5 Å². The van der Waals surface area contributed by atoms with Gasteiger partial charge in [-0.3, -0.25) is 4.79 Å². The van der Waals surface area contributed by atoms with Crippen molar-refractivity contribution in [3.8, 4) is 5.75 Å². The number of para-hydroxylation sites is 1. The normalized spacial score (nSPS) is 21.3. The van der Waals surface area contributed by atoms with Gasteiger partial charge in [-0.1, -0.05) is 31.4 Å². The molecule has 1 saturated carbocycles. The molecule has 0 saturated heterocycles. The third-order valence-electron chi connectivity index (χ3n) is 4.38. The molecule has 0 unspecified atom stereocenters. The van der Waals surface area contributed by atoms with Gasteiger partial charge >= 0.3 is 0 Å². The molecular formula is C16H21NO2. The predicted octanol–water partition coefficient (Wildman–Crippen LogP) is 2.86. The second-order valence-corrected chi connectivity index (χ2v) is 5.79. The fourth-order valence-electron chi connectivity index (χ4n) is 3.25. The van der Waals surface area contributed by atoms with Gasteiger partial charge in [0.2, 0.25) is 0 Å². The number of aryl methyl sites for hydroxylation is 1. The van der Waals surface area contributed by atoms with E-state index in [1.807, 2.05) is 12.1 Å². The summed E-state index contributed by atoms with van der Waals surface area (Å²) < 4.78 is 5.74. The summed E-state index contributed by atoms with van der Waals surface area (Å²) in [5.41, 5.74) is 7.54. The van der Waals surface area contributed by atoms with Gasteiger partial charge in [-0.25, -0.2) is 0 Å².